The van der Waals surface area contributed by atoms with Gasteiger partial charge in [0.2, 0.25) is 14.8 Å². The SMILES string of the molecule is CO[Si](C)CCc1ccc(OC2(OC)CCCCC2)cc1. The number of aryl methyl sites for hydroxylation is 1. The van der Waals surface area contributed by atoms with Crippen molar-refractivity contribution in [3.8, 4) is 5.75 Å². The Labute approximate surface area is 130 Å². The topological polar surface area (TPSA) is 27.7 Å². The van der Waals surface area contributed by atoms with Crippen LogP contribution in [0.15, 0.2) is 24.3 Å². The lowest BCUT2D eigenvalue weighted by Gasteiger charge is -2.36. The Hall–Kier alpha value is -0.843. The third-order valence-electron chi connectivity index (χ3n) is 4.33. The molecule has 4 heteroatoms. The summed E-state index contributed by atoms with van der Waals surface area (Å²) in [6.07, 6.45) is 6.71. The van der Waals surface area contributed by atoms with Gasteiger partial charge in [-0.05, 0) is 49.5 Å². The summed E-state index contributed by atoms with van der Waals surface area (Å²) in [5.74, 6) is 0.506. The van der Waals surface area contributed by atoms with E-state index in [0.29, 0.717) is 0 Å². The fourth-order valence-corrected chi connectivity index (χ4v) is 3.64. The number of benzene rings is 1. The Kier molecular flexibility index (Phi) is 6.27. The van der Waals surface area contributed by atoms with E-state index in [4.69, 9.17) is 13.9 Å². The molecule has 0 aliphatic heterocycles. The molecule has 117 valence electrons. The average molecular weight is 307 g/mol. The molecule has 21 heavy (non-hydrogen) atoms. The van der Waals surface area contributed by atoms with Gasteiger partial charge in [0.05, 0.1) is 0 Å². The summed E-state index contributed by atoms with van der Waals surface area (Å²) >= 11 is 0. The number of hydrogen-bond acceptors (Lipinski definition) is 3. The maximum Gasteiger partial charge on any atom is 0.210 e. The molecule has 0 unspecified atom stereocenters. The van der Waals surface area contributed by atoms with Crippen LogP contribution in [0.5, 0.6) is 5.75 Å². The highest BCUT2D eigenvalue weighted by molar-refractivity contribution is 6.50. The van der Waals surface area contributed by atoms with Gasteiger partial charge in [-0.2, -0.15) is 0 Å². The Morgan fingerprint density at radius 3 is 2.29 bits per heavy atom. The zero-order valence-corrected chi connectivity index (χ0v) is 14.5. The maximum atomic E-state index is 6.15. The lowest BCUT2D eigenvalue weighted by molar-refractivity contribution is -0.182. The van der Waals surface area contributed by atoms with Crippen molar-refractivity contribution in [3.63, 3.8) is 0 Å². The summed E-state index contributed by atoms with van der Waals surface area (Å²) in [7, 11) is 2.94. The first-order valence-corrected chi connectivity index (χ1v) is 9.98. The predicted octanol–water partition coefficient (Wildman–Crippen LogP) is 4.18. The Morgan fingerprint density at radius 2 is 1.71 bits per heavy atom. The molecule has 1 aliphatic rings. The van der Waals surface area contributed by atoms with Crippen LogP contribution in [0.3, 0.4) is 0 Å². The zero-order chi connectivity index (χ0) is 15.1. The van der Waals surface area contributed by atoms with Gasteiger partial charge in [0.1, 0.15) is 5.75 Å². The van der Waals surface area contributed by atoms with Crippen LogP contribution in [0.2, 0.25) is 12.6 Å². The van der Waals surface area contributed by atoms with E-state index in [2.05, 4.69) is 30.8 Å². The Bertz CT molecular complexity index is 413. The van der Waals surface area contributed by atoms with Crippen LogP contribution >= 0.6 is 0 Å². The van der Waals surface area contributed by atoms with Crippen molar-refractivity contribution in [2.24, 2.45) is 0 Å². The third-order valence-corrected chi connectivity index (χ3v) is 5.98. The van der Waals surface area contributed by atoms with Gasteiger partial charge in [-0.15, -0.1) is 0 Å². The Morgan fingerprint density at radius 1 is 1.05 bits per heavy atom. The van der Waals surface area contributed by atoms with Crippen LogP contribution in [-0.4, -0.2) is 29.0 Å². The van der Waals surface area contributed by atoms with Gasteiger partial charge in [-0.3, -0.25) is 0 Å². The molecule has 2 rings (SSSR count). The van der Waals surface area contributed by atoms with Gasteiger partial charge < -0.3 is 13.9 Å². The minimum absolute atomic E-state index is 0.407. The molecule has 1 aliphatic carbocycles. The van der Waals surface area contributed by atoms with E-state index in [1.54, 1.807) is 14.2 Å². The molecule has 0 bridgehead atoms. The van der Waals surface area contributed by atoms with Crippen molar-refractivity contribution in [3.05, 3.63) is 29.8 Å². The molecular weight excluding hydrogens is 280 g/mol. The van der Waals surface area contributed by atoms with E-state index in [9.17, 15) is 0 Å². The second-order valence-electron chi connectivity index (χ2n) is 5.83. The number of ether oxygens (including phenoxy) is 2. The van der Waals surface area contributed by atoms with Gasteiger partial charge in [0.25, 0.3) is 0 Å². The van der Waals surface area contributed by atoms with Crippen LogP contribution in [0.1, 0.15) is 37.7 Å². The molecule has 0 spiro atoms. The molecular formula is C17H27O3Si. The number of methoxy groups -OCH3 is 1. The minimum Gasteiger partial charge on any atom is -0.462 e. The number of hydrogen-bond donors (Lipinski definition) is 0. The monoisotopic (exact) mass is 307 g/mol. The van der Waals surface area contributed by atoms with Gasteiger partial charge >= 0.3 is 0 Å². The molecule has 1 saturated carbocycles. The van der Waals surface area contributed by atoms with Crippen molar-refractivity contribution in [2.75, 3.05) is 14.2 Å². The zero-order valence-electron chi connectivity index (χ0n) is 13.5. The lowest BCUT2D eigenvalue weighted by Crippen LogP contribution is -2.40. The van der Waals surface area contributed by atoms with Gasteiger partial charge in [-0.25, -0.2) is 0 Å². The van der Waals surface area contributed by atoms with E-state index in [-0.39, 0.29) is 0 Å². The average Bonchev–Trinajstić information content (AvgIpc) is 2.54. The summed E-state index contributed by atoms with van der Waals surface area (Å²) in [5.41, 5.74) is 1.35. The first-order valence-electron chi connectivity index (χ1n) is 7.87. The fourth-order valence-electron chi connectivity index (χ4n) is 2.80. The molecule has 1 radical (unpaired) electrons. The maximum absolute atomic E-state index is 6.15. The van der Waals surface area contributed by atoms with Crippen LogP contribution in [0.4, 0.5) is 0 Å². The minimum atomic E-state index is -0.624. The second kappa shape index (κ2) is 7.97. The molecule has 1 fully saturated rings. The third kappa shape index (κ3) is 4.83. The number of rotatable bonds is 7. The smallest absolute Gasteiger partial charge is 0.210 e. The second-order valence-corrected chi connectivity index (χ2v) is 8.14. The van der Waals surface area contributed by atoms with E-state index in [1.165, 1.54) is 24.8 Å². The molecule has 0 saturated heterocycles. The van der Waals surface area contributed by atoms with Crippen LogP contribution in [-0.2, 0) is 15.6 Å². The molecule has 3 nitrogen and oxygen atoms in total. The molecule has 1 aromatic carbocycles. The van der Waals surface area contributed by atoms with Crippen molar-refractivity contribution < 1.29 is 13.9 Å². The summed E-state index contributed by atoms with van der Waals surface area (Å²) < 4.78 is 17.2. The standard InChI is InChI=1S/C17H27O3Si/c1-18-17(12-5-4-6-13-17)20-16-9-7-15(8-10-16)11-14-21(3)19-2/h7-10H,4-6,11-14H2,1-3H3. The van der Waals surface area contributed by atoms with E-state index < -0.39 is 14.8 Å². The van der Waals surface area contributed by atoms with Crippen molar-refractivity contribution in [1.29, 1.82) is 0 Å². The van der Waals surface area contributed by atoms with Gasteiger partial charge in [0, 0.05) is 27.1 Å². The first-order chi connectivity index (χ1) is 10.2. The molecule has 0 aromatic heterocycles. The molecule has 0 heterocycles. The Balaban J connectivity index is 1.92. The summed E-state index contributed by atoms with van der Waals surface area (Å²) in [4.78, 5) is 0. The van der Waals surface area contributed by atoms with Crippen molar-refractivity contribution >= 4 is 9.04 Å². The molecule has 0 atom stereocenters. The summed E-state index contributed by atoms with van der Waals surface area (Å²) in [5, 5.41) is 0. The molecule has 0 amide bonds. The van der Waals surface area contributed by atoms with Crippen LogP contribution < -0.4 is 4.74 Å². The predicted molar refractivity (Wildman–Crippen MR) is 87.0 cm³/mol. The quantitative estimate of drug-likeness (QED) is 0.558. The molecule has 1 aromatic rings. The fraction of sp³-hybridized carbons (Fsp3) is 0.647. The highest BCUT2D eigenvalue weighted by Crippen LogP contribution is 2.33. The summed E-state index contributed by atoms with van der Waals surface area (Å²) in [6, 6.07) is 9.60. The lowest BCUT2D eigenvalue weighted by atomic mass is 9.94. The summed E-state index contributed by atoms with van der Waals surface area (Å²) in [6.45, 7) is 2.20. The highest BCUT2D eigenvalue weighted by Gasteiger charge is 2.34. The largest absolute Gasteiger partial charge is 0.462 e. The highest BCUT2D eigenvalue weighted by atomic mass is 28.3. The molecule has 0 N–H and O–H groups in total. The van der Waals surface area contributed by atoms with E-state index in [0.717, 1.165) is 31.1 Å². The van der Waals surface area contributed by atoms with Crippen LogP contribution in [0.25, 0.3) is 0 Å². The van der Waals surface area contributed by atoms with Crippen molar-refractivity contribution in [1.82, 2.24) is 0 Å². The normalized spacial score (nSPS) is 17.9. The first kappa shape index (κ1) is 16.5. The van der Waals surface area contributed by atoms with E-state index >= 15 is 0 Å². The van der Waals surface area contributed by atoms with Gasteiger partial charge in [-0.1, -0.05) is 18.6 Å². The van der Waals surface area contributed by atoms with Gasteiger partial charge in [0.15, 0.2) is 0 Å². The van der Waals surface area contributed by atoms with E-state index in [1.807, 2.05) is 0 Å². The van der Waals surface area contributed by atoms with Crippen molar-refractivity contribution in [2.45, 2.75) is 56.9 Å². The van der Waals surface area contributed by atoms with Crippen LogP contribution in [0, 0.1) is 0 Å².